The standard InChI is InChI=1S/C19H27FN4O2/c1-21-18(24-12-19(5-8-25)6-9-26-13-19)22-7-4-14-11-23-17-3-2-15(20)10-16(14)17/h2-3,10-11,23,25H,4-9,12-13H2,1H3,(H2,21,22,24). The summed E-state index contributed by atoms with van der Waals surface area (Å²) in [5.41, 5.74) is 1.99. The van der Waals surface area contributed by atoms with Gasteiger partial charge >= 0.3 is 0 Å². The quantitative estimate of drug-likeness (QED) is 0.447. The van der Waals surface area contributed by atoms with Gasteiger partial charge < -0.3 is 25.5 Å². The maximum absolute atomic E-state index is 13.5. The molecule has 1 aliphatic rings. The number of hydrogen-bond donors (Lipinski definition) is 4. The summed E-state index contributed by atoms with van der Waals surface area (Å²) >= 11 is 0. The fraction of sp³-hybridized carbons (Fsp3) is 0.526. The van der Waals surface area contributed by atoms with Gasteiger partial charge in [0.15, 0.2) is 5.96 Å². The van der Waals surface area contributed by atoms with E-state index in [1.807, 2.05) is 6.20 Å². The second-order valence-corrected chi connectivity index (χ2v) is 6.88. The number of hydrogen-bond acceptors (Lipinski definition) is 3. The van der Waals surface area contributed by atoms with Gasteiger partial charge in [-0.1, -0.05) is 0 Å². The van der Waals surface area contributed by atoms with E-state index in [-0.39, 0.29) is 17.8 Å². The molecule has 0 aliphatic carbocycles. The van der Waals surface area contributed by atoms with Crippen LogP contribution < -0.4 is 10.6 Å². The molecule has 0 bridgehead atoms. The number of benzene rings is 1. The van der Waals surface area contributed by atoms with Crippen molar-refractivity contribution in [2.75, 3.05) is 40.0 Å². The van der Waals surface area contributed by atoms with Gasteiger partial charge in [0.05, 0.1) is 6.61 Å². The Kier molecular flexibility index (Phi) is 6.11. The van der Waals surface area contributed by atoms with Crippen LogP contribution in [0.1, 0.15) is 18.4 Å². The summed E-state index contributed by atoms with van der Waals surface area (Å²) in [5, 5.41) is 16.9. The number of aromatic nitrogens is 1. The summed E-state index contributed by atoms with van der Waals surface area (Å²) in [6.45, 7) is 2.97. The van der Waals surface area contributed by atoms with Gasteiger partial charge in [-0.05, 0) is 43.0 Å². The highest BCUT2D eigenvalue weighted by Gasteiger charge is 2.34. The first kappa shape index (κ1) is 18.7. The summed E-state index contributed by atoms with van der Waals surface area (Å²) in [5.74, 6) is 0.497. The van der Waals surface area contributed by atoms with Crippen LogP contribution >= 0.6 is 0 Å². The molecule has 1 unspecified atom stereocenters. The van der Waals surface area contributed by atoms with Crippen LogP contribution in [0, 0.1) is 11.2 Å². The molecule has 6 nitrogen and oxygen atoms in total. The van der Waals surface area contributed by atoms with Crippen LogP contribution in [0.4, 0.5) is 4.39 Å². The molecule has 1 atom stereocenters. The molecule has 1 aromatic heterocycles. The van der Waals surface area contributed by atoms with E-state index in [4.69, 9.17) is 4.74 Å². The molecule has 26 heavy (non-hydrogen) atoms. The molecule has 7 heteroatoms. The van der Waals surface area contributed by atoms with E-state index >= 15 is 0 Å². The normalized spacial score (nSPS) is 20.7. The number of H-pyrrole nitrogens is 1. The molecule has 2 aromatic rings. The van der Waals surface area contributed by atoms with Crippen LogP contribution in [-0.2, 0) is 11.2 Å². The molecule has 0 radical (unpaired) electrons. The predicted octanol–water partition coefficient (Wildman–Crippen LogP) is 1.80. The Hall–Kier alpha value is -2.12. The highest BCUT2D eigenvalue weighted by molar-refractivity contribution is 5.83. The van der Waals surface area contributed by atoms with Crippen LogP contribution in [0.3, 0.4) is 0 Å². The number of halogens is 1. The van der Waals surface area contributed by atoms with Crippen LogP contribution in [-0.4, -0.2) is 56.0 Å². The fourth-order valence-corrected chi connectivity index (χ4v) is 3.48. The number of aliphatic hydroxyl groups is 1. The lowest BCUT2D eigenvalue weighted by Gasteiger charge is -2.27. The Morgan fingerprint density at radius 2 is 2.31 bits per heavy atom. The third-order valence-electron chi connectivity index (χ3n) is 5.10. The van der Waals surface area contributed by atoms with Crippen molar-refractivity contribution in [2.45, 2.75) is 19.3 Å². The van der Waals surface area contributed by atoms with Crippen molar-refractivity contribution in [1.29, 1.82) is 0 Å². The van der Waals surface area contributed by atoms with Gasteiger partial charge in [-0.2, -0.15) is 0 Å². The van der Waals surface area contributed by atoms with Gasteiger partial charge in [-0.15, -0.1) is 0 Å². The van der Waals surface area contributed by atoms with Crippen molar-refractivity contribution >= 4 is 16.9 Å². The summed E-state index contributed by atoms with van der Waals surface area (Å²) in [7, 11) is 1.74. The van der Waals surface area contributed by atoms with Crippen molar-refractivity contribution in [3.05, 3.63) is 35.8 Å². The van der Waals surface area contributed by atoms with Crippen LogP contribution in [0.2, 0.25) is 0 Å². The number of aliphatic imine (C=N–C) groups is 1. The van der Waals surface area contributed by atoms with Gasteiger partial charge in [0.2, 0.25) is 0 Å². The molecule has 1 fully saturated rings. The second kappa shape index (κ2) is 8.51. The summed E-state index contributed by atoms with van der Waals surface area (Å²) < 4.78 is 19.0. The van der Waals surface area contributed by atoms with Gasteiger partial charge in [-0.3, -0.25) is 4.99 Å². The minimum Gasteiger partial charge on any atom is -0.396 e. The summed E-state index contributed by atoms with van der Waals surface area (Å²) in [4.78, 5) is 7.43. The molecule has 142 valence electrons. The first-order valence-electron chi connectivity index (χ1n) is 9.04. The minimum atomic E-state index is -0.225. The first-order valence-corrected chi connectivity index (χ1v) is 9.04. The van der Waals surface area contributed by atoms with E-state index in [9.17, 15) is 9.50 Å². The highest BCUT2D eigenvalue weighted by atomic mass is 19.1. The Bertz CT molecular complexity index is 753. The highest BCUT2D eigenvalue weighted by Crippen LogP contribution is 2.31. The molecule has 0 spiro atoms. The lowest BCUT2D eigenvalue weighted by atomic mass is 9.84. The number of aromatic amines is 1. The Balaban J connectivity index is 1.51. The zero-order chi connectivity index (χ0) is 18.4. The average molecular weight is 362 g/mol. The van der Waals surface area contributed by atoms with Gasteiger partial charge in [0.1, 0.15) is 5.82 Å². The monoisotopic (exact) mass is 362 g/mol. The molecular weight excluding hydrogens is 335 g/mol. The Labute approximate surface area is 152 Å². The molecule has 1 saturated heterocycles. The molecule has 1 aliphatic heterocycles. The zero-order valence-corrected chi connectivity index (χ0v) is 15.1. The lowest BCUT2D eigenvalue weighted by molar-refractivity contribution is 0.127. The number of fused-ring (bicyclic) bond motifs is 1. The van der Waals surface area contributed by atoms with Crippen molar-refractivity contribution < 1.29 is 14.2 Å². The van der Waals surface area contributed by atoms with Crippen molar-refractivity contribution in [3.8, 4) is 0 Å². The molecule has 0 amide bonds. The molecule has 2 heterocycles. The fourth-order valence-electron chi connectivity index (χ4n) is 3.48. The third kappa shape index (κ3) is 4.34. The number of aliphatic hydroxyl groups excluding tert-OH is 1. The van der Waals surface area contributed by atoms with Crippen molar-refractivity contribution in [3.63, 3.8) is 0 Å². The zero-order valence-electron chi connectivity index (χ0n) is 15.1. The topological polar surface area (TPSA) is 81.7 Å². The van der Waals surface area contributed by atoms with Crippen molar-refractivity contribution in [1.82, 2.24) is 15.6 Å². The minimum absolute atomic E-state index is 0.0270. The third-order valence-corrected chi connectivity index (χ3v) is 5.10. The smallest absolute Gasteiger partial charge is 0.191 e. The van der Waals surface area contributed by atoms with E-state index in [0.29, 0.717) is 19.7 Å². The molecule has 0 saturated carbocycles. The van der Waals surface area contributed by atoms with Crippen LogP contribution in [0.15, 0.2) is 29.4 Å². The Morgan fingerprint density at radius 3 is 3.04 bits per heavy atom. The van der Waals surface area contributed by atoms with E-state index in [1.165, 1.54) is 6.07 Å². The molecule has 4 N–H and O–H groups in total. The largest absolute Gasteiger partial charge is 0.396 e. The van der Waals surface area contributed by atoms with E-state index in [2.05, 4.69) is 20.6 Å². The molecule has 1 aromatic carbocycles. The SMILES string of the molecule is CN=C(NCCc1c[nH]c2ccc(F)cc12)NCC1(CCO)CCOC1. The average Bonchev–Trinajstić information content (AvgIpc) is 3.26. The second-order valence-electron chi connectivity index (χ2n) is 6.88. The maximum atomic E-state index is 13.5. The van der Waals surface area contributed by atoms with Crippen LogP contribution in [0.25, 0.3) is 10.9 Å². The number of guanidine groups is 1. The molecular formula is C19H27FN4O2. The number of rotatable bonds is 7. The van der Waals surface area contributed by atoms with Gasteiger partial charge in [0.25, 0.3) is 0 Å². The van der Waals surface area contributed by atoms with E-state index < -0.39 is 0 Å². The number of nitrogens with one attached hydrogen (secondary N) is 3. The molecule has 3 rings (SSSR count). The number of nitrogens with zero attached hydrogens (tertiary/aromatic N) is 1. The van der Waals surface area contributed by atoms with Gasteiger partial charge in [-0.25, -0.2) is 4.39 Å². The van der Waals surface area contributed by atoms with Gasteiger partial charge in [0, 0.05) is 55.9 Å². The number of ether oxygens (including phenoxy) is 1. The van der Waals surface area contributed by atoms with E-state index in [1.54, 1.807) is 19.2 Å². The first-order chi connectivity index (χ1) is 12.7. The predicted molar refractivity (Wildman–Crippen MR) is 101 cm³/mol. The maximum Gasteiger partial charge on any atom is 0.191 e. The van der Waals surface area contributed by atoms with Crippen molar-refractivity contribution in [2.24, 2.45) is 10.4 Å². The van der Waals surface area contributed by atoms with Crippen LogP contribution in [0.5, 0.6) is 0 Å². The summed E-state index contributed by atoms with van der Waals surface area (Å²) in [6.07, 6.45) is 4.35. The Morgan fingerprint density at radius 1 is 1.42 bits per heavy atom. The lowest BCUT2D eigenvalue weighted by Crippen LogP contribution is -2.45. The summed E-state index contributed by atoms with van der Waals surface area (Å²) in [6, 6.07) is 4.78. The van der Waals surface area contributed by atoms with E-state index in [0.717, 1.165) is 48.3 Å².